The average Bonchev–Trinajstić information content (AvgIpc) is 3.48. The van der Waals surface area contributed by atoms with Gasteiger partial charge in [-0.1, -0.05) is 28.1 Å². The quantitative estimate of drug-likeness (QED) is 0.329. The maximum atomic E-state index is 13.5. The molecule has 2 N–H and O–H groups in total. The van der Waals surface area contributed by atoms with Gasteiger partial charge < -0.3 is 25.2 Å². The summed E-state index contributed by atoms with van der Waals surface area (Å²) < 4.78 is 21.4. The molecule has 1 unspecified atom stereocenters. The third-order valence-corrected chi connectivity index (χ3v) is 10.00. The van der Waals surface area contributed by atoms with Crippen LogP contribution < -0.4 is 10.6 Å². The second kappa shape index (κ2) is 15.7. The Morgan fingerprint density at radius 3 is 2.59 bits per heavy atom. The van der Waals surface area contributed by atoms with E-state index in [4.69, 9.17) is 4.74 Å². The highest BCUT2D eigenvalue weighted by Gasteiger charge is 2.33. The summed E-state index contributed by atoms with van der Waals surface area (Å²) in [5.74, 6) is 1.28. The number of carbonyl (C=O) groups excluding carboxylic acids is 1. The fourth-order valence-electron chi connectivity index (χ4n) is 7.16. The van der Waals surface area contributed by atoms with Crippen LogP contribution in [0, 0.1) is 17.7 Å². The summed E-state index contributed by atoms with van der Waals surface area (Å²) >= 11 is 3.57. The molecule has 11 nitrogen and oxygen atoms in total. The predicted molar refractivity (Wildman–Crippen MR) is 179 cm³/mol. The number of carbonyl (C=O) groups is 1. The lowest BCUT2D eigenvalue weighted by atomic mass is 9.88. The largest absolute Gasteiger partial charge is 0.379 e. The van der Waals surface area contributed by atoms with Crippen LogP contribution in [0.15, 0.2) is 46.9 Å². The van der Waals surface area contributed by atoms with Gasteiger partial charge in [0.15, 0.2) is 5.82 Å². The number of piperidine rings is 2. The van der Waals surface area contributed by atoms with Gasteiger partial charge in [-0.25, -0.2) is 13.9 Å². The first-order chi connectivity index (χ1) is 22.4. The van der Waals surface area contributed by atoms with Gasteiger partial charge in [0.25, 0.3) is 0 Å². The molecule has 3 aliphatic heterocycles. The van der Waals surface area contributed by atoms with Gasteiger partial charge in [0.05, 0.1) is 13.2 Å². The van der Waals surface area contributed by atoms with Crippen LogP contribution in [0.25, 0.3) is 11.4 Å². The number of hydrogen-bond acceptors (Lipinski definition) is 8. The van der Waals surface area contributed by atoms with Gasteiger partial charge in [0, 0.05) is 87.1 Å². The van der Waals surface area contributed by atoms with Crippen molar-refractivity contribution in [1.29, 1.82) is 0 Å². The zero-order valence-corrected chi connectivity index (χ0v) is 28.2. The summed E-state index contributed by atoms with van der Waals surface area (Å²) in [5.41, 5.74) is 2.68. The van der Waals surface area contributed by atoms with E-state index in [-0.39, 0.29) is 17.9 Å². The third kappa shape index (κ3) is 9.09. The minimum absolute atomic E-state index is 0.0617. The summed E-state index contributed by atoms with van der Waals surface area (Å²) in [7, 11) is 1.79. The van der Waals surface area contributed by atoms with E-state index in [9.17, 15) is 9.18 Å². The van der Waals surface area contributed by atoms with Crippen molar-refractivity contribution in [3.05, 3.63) is 58.3 Å². The number of hydrogen-bond donors (Lipinski definition) is 2. The van der Waals surface area contributed by atoms with Crippen LogP contribution in [0.3, 0.4) is 0 Å². The maximum absolute atomic E-state index is 13.5. The molecule has 1 aromatic heterocycles. The number of benzene rings is 2. The lowest BCUT2D eigenvalue weighted by molar-refractivity contribution is 0.0274. The number of halogens is 2. The number of nitrogens with zero attached hydrogens (tertiary/aromatic N) is 7. The molecule has 13 heteroatoms. The molecule has 3 aromatic rings. The van der Waals surface area contributed by atoms with Crippen LogP contribution in [0.5, 0.6) is 0 Å². The van der Waals surface area contributed by atoms with Crippen molar-refractivity contribution in [2.45, 2.75) is 31.7 Å². The number of rotatable bonds is 10. The third-order valence-electron chi connectivity index (χ3n) is 9.54. The molecule has 4 heterocycles. The number of aryl methyl sites for hydroxylation is 1. The number of amides is 2. The maximum Gasteiger partial charge on any atom is 0.319 e. The van der Waals surface area contributed by atoms with E-state index in [0.717, 1.165) is 101 Å². The highest BCUT2D eigenvalue weighted by molar-refractivity contribution is 9.10. The SMILES string of the molecule is Cn1nnnc1-c1cc(Br)cc(NC(=O)N[C@@H]2CCN(CCN3CCOCC3)C[C@H]2CN2CCCC(Cc3ccc(F)cc3)C2)c1. The van der Waals surface area contributed by atoms with Crippen LogP contribution in [0.2, 0.25) is 0 Å². The van der Waals surface area contributed by atoms with Crippen molar-refractivity contribution in [3.8, 4) is 11.4 Å². The van der Waals surface area contributed by atoms with Crippen molar-refractivity contribution in [3.63, 3.8) is 0 Å². The summed E-state index contributed by atoms with van der Waals surface area (Å²) in [5, 5.41) is 18.2. The van der Waals surface area contributed by atoms with Crippen molar-refractivity contribution in [2.24, 2.45) is 18.9 Å². The highest BCUT2D eigenvalue weighted by Crippen LogP contribution is 2.27. The summed E-state index contributed by atoms with van der Waals surface area (Å²) in [6, 6.07) is 12.5. The number of aromatic nitrogens is 4. The second-order valence-electron chi connectivity index (χ2n) is 13.0. The van der Waals surface area contributed by atoms with E-state index in [1.165, 1.54) is 12.0 Å². The Balaban J connectivity index is 1.10. The number of anilines is 1. The Bertz CT molecular complexity index is 1430. The van der Waals surface area contributed by atoms with Crippen molar-refractivity contribution >= 4 is 27.6 Å². The van der Waals surface area contributed by atoms with Crippen molar-refractivity contribution in [1.82, 2.24) is 40.2 Å². The van der Waals surface area contributed by atoms with E-state index in [1.807, 2.05) is 30.3 Å². The molecule has 3 atom stereocenters. The van der Waals surface area contributed by atoms with Gasteiger partial charge in [0.1, 0.15) is 5.82 Å². The van der Waals surface area contributed by atoms with E-state index in [1.54, 1.807) is 23.9 Å². The molecular weight excluding hydrogens is 653 g/mol. The van der Waals surface area contributed by atoms with E-state index in [2.05, 4.69) is 56.8 Å². The van der Waals surface area contributed by atoms with Gasteiger partial charge in [0.2, 0.25) is 0 Å². The Morgan fingerprint density at radius 2 is 1.80 bits per heavy atom. The summed E-state index contributed by atoms with van der Waals surface area (Å²) in [6.07, 6.45) is 4.22. The highest BCUT2D eigenvalue weighted by atomic mass is 79.9. The van der Waals surface area contributed by atoms with Gasteiger partial charge in [-0.05, 0) is 84.5 Å². The fraction of sp³-hybridized carbons (Fsp3) is 0.576. The molecule has 6 rings (SSSR count). The first kappa shape index (κ1) is 33.0. The summed E-state index contributed by atoms with van der Waals surface area (Å²) in [4.78, 5) is 21.1. The first-order valence-corrected chi connectivity index (χ1v) is 17.3. The molecule has 0 aliphatic carbocycles. The number of nitrogens with one attached hydrogen (secondary N) is 2. The normalized spacial score (nSPS) is 23.3. The molecule has 0 saturated carbocycles. The number of likely N-dealkylation sites (tertiary alicyclic amines) is 2. The smallest absolute Gasteiger partial charge is 0.319 e. The van der Waals surface area contributed by atoms with Gasteiger partial charge in [-0.3, -0.25) is 4.90 Å². The second-order valence-corrected chi connectivity index (χ2v) is 13.9. The number of ether oxygens (including phenoxy) is 1. The van der Waals surface area contributed by atoms with Crippen molar-refractivity contribution in [2.75, 3.05) is 77.4 Å². The molecule has 0 bridgehead atoms. The lowest BCUT2D eigenvalue weighted by Crippen LogP contribution is -2.56. The van der Waals surface area contributed by atoms with Crippen LogP contribution in [-0.4, -0.2) is 119 Å². The van der Waals surface area contributed by atoms with E-state index < -0.39 is 0 Å². The summed E-state index contributed by atoms with van der Waals surface area (Å²) in [6.45, 7) is 10.6. The Labute approximate surface area is 278 Å². The Morgan fingerprint density at radius 1 is 1.00 bits per heavy atom. The van der Waals surface area contributed by atoms with Crippen LogP contribution in [-0.2, 0) is 18.2 Å². The van der Waals surface area contributed by atoms with Crippen LogP contribution in [0.1, 0.15) is 24.8 Å². The zero-order chi connectivity index (χ0) is 31.9. The lowest BCUT2D eigenvalue weighted by Gasteiger charge is -2.43. The molecule has 2 aromatic carbocycles. The molecule has 0 radical (unpaired) electrons. The predicted octanol–water partition coefficient (Wildman–Crippen LogP) is 3.88. The average molecular weight is 699 g/mol. The van der Waals surface area contributed by atoms with Gasteiger partial charge >= 0.3 is 6.03 Å². The minimum atomic E-state index is -0.204. The minimum Gasteiger partial charge on any atom is -0.379 e. The molecule has 3 saturated heterocycles. The van der Waals surface area contributed by atoms with Gasteiger partial charge in [-0.15, -0.1) is 5.10 Å². The van der Waals surface area contributed by atoms with E-state index >= 15 is 0 Å². The molecule has 0 spiro atoms. The molecule has 248 valence electrons. The fourth-order valence-corrected chi connectivity index (χ4v) is 7.66. The van der Waals surface area contributed by atoms with Crippen LogP contribution in [0.4, 0.5) is 14.9 Å². The Kier molecular flexibility index (Phi) is 11.3. The first-order valence-electron chi connectivity index (χ1n) is 16.5. The van der Waals surface area contributed by atoms with E-state index in [0.29, 0.717) is 23.3 Å². The van der Waals surface area contributed by atoms with Crippen LogP contribution >= 0.6 is 15.9 Å². The molecule has 3 fully saturated rings. The molecule has 3 aliphatic rings. The van der Waals surface area contributed by atoms with Crippen molar-refractivity contribution < 1.29 is 13.9 Å². The zero-order valence-electron chi connectivity index (χ0n) is 26.6. The van der Waals surface area contributed by atoms with Gasteiger partial charge in [-0.2, -0.15) is 0 Å². The molecular formula is C33H45BrFN9O2. The monoisotopic (exact) mass is 697 g/mol. The topological polar surface area (TPSA) is 104 Å². The number of urea groups is 1. The Hall–Kier alpha value is -2.97. The molecule has 46 heavy (non-hydrogen) atoms. The standard InChI is InChI=1S/C33H45BrFN9O2/c1-41-32(38-39-40-41)26-18-28(34)20-30(19-26)36-33(45)37-31-8-10-43(12-11-42-13-15-46-16-14-42)22-27(31)23-44-9-2-3-25(21-44)17-24-4-6-29(35)7-5-24/h4-7,18-20,25,27,31H,2-3,8-17,21-23H2,1H3,(H2,36,37,45)/t25?,27-,31+/m0/s1. The number of tetrazole rings is 1. The molecule has 2 amide bonds. The number of morpholine rings is 1.